The number of nitrogens with zero attached hydrogens (tertiary/aromatic N) is 4. The van der Waals surface area contributed by atoms with Gasteiger partial charge in [0.1, 0.15) is 11.0 Å². The number of nitrogens with one attached hydrogen (secondary N) is 1. The van der Waals surface area contributed by atoms with Crippen molar-refractivity contribution in [3.05, 3.63) is 52.2 Å². The highest BCUT2D eigenvalue weighted by Gasteiger charge is 2.19. The molecule has 0 atom stereocenters. The third-order valence-electron chi connectivity index (χ3n) is 3.84. The summed E-state index contributed by atoms with van der Waals surface area (Å²) in [6.45, 7) is 6.47. The van der Waals surface area contributed by atoms with E-state index < -0.39 is 0 Å². The molecule has 3 aromatic rings. The molecule has 0 unspecified atom stereocenters. The summed E-state index contributed by atoms with van der Waals surface area (Å²) in [6.07, 6.45) is 0. The molecule has 124 valence electrons. The molecular weight excluding hydrogens is 326 g/mol. The third-order valence-corrected chi connectivity index (χ3v) is 4.22. The normalized spacial score (nSPS) is 11.0. The molecule has 0 aliphatic heterocycles. The number of carbonyl (C=O) groups is 1. The van der Waals surface area contributed by atoms with Gasteiger partial charge in [-0.2, -0.15) is 5.10 Å². The zero-order chi connectivity index (χ0) is 17.3. The predicted octanol–water partition coefficient (Wildman–Crippen LogP) is 3.05. The molecular formula is C17H18ClN5O. The van der Waals surface area contributed by atoms with Crippen molar-refractivity contribution in [3.63, 3.8) is 0 Å². The molecule has 0 bridgehead atoms. The first-order chi connectivity index (χ1) is 11.5. The second kappa shape index (κ2) is 6.57. The Morgan fingerprint density at radius 2 is 1.96 bits per heavy atom. The molecule has 0 aliphatic rings. The van der Waals surface area contributed by atoms with Gasteiger partial charge >= 0.3 is 0 Å². The van der Waals surface area contributed by atoms with E-state index in [-0.39, 0.29) is 12.5 Å². The second-order valence-corrected chi connectivity index (χ2v) is 5.85. The molecule has 0 saturated carbocycles. The fraction of sp³-hybridized carbons (Fsp3) is 0.294. The van der Waals surface area contributed by atoms with E-state index >= 15 is 0 Å². The van der Waals surface area contributed by atoms with Crippen LogP contribution in [0, 0.1) is 13.8 Å². The molecule has 24 heavy (non-hydrogen) atoms. The number of benzene rings is 1. The molecule has 0 saturated heterocycles. The number of aromatic nitrogens is 4. The van der Waals surface area contributed by atoms with Crippen molar-refractivity contribution in [1.82, 2.24) is 25.1 Å². The Bertz CT molecular complexity index is 919. The number of hydrogen-bond donors (Lipinski definition) is 1. The van der Waals surface area contributed by atoms with Crippen molar-refractivity contribution in [1.29, 1.82) is 0 Å². The van der Waals surface area contributed by atoms with E-state index in [2.05, 4.69) is 20.4 Å². The second-order valence-electron chi connectivity index (χ2n) is 5.49. The molecule has 1 amide bonds. The first-order valence-electron chi connectivity index (χ1n) is 7.74. The zero-order valence-electron chi connectivity index (χ0n) is 13.8. The Morgan fingerprint density at radius 3 is 2.67 bits per heavy atom. The van der Waals surface area contributed by atoms with Gasteiger partial charge < -0.3 is 5.32 Å². The van der Waals surface area contributed by atoms with Gasteiger partial charge in [0, 0.05) is 17.6 Å². The lowest BCUT2D eigenvalue weighted by atomic mass is 10.2. The van der Waals surface area contributed by atoms with E-state index in [1.165, 1.54) is 0 Å². The van der Waals surface area contributed by atoms with Gasteiger partial charge in [0.15, 0.2) is 0 Å². The maximum absolute atomic E-state index is 12.4. The first-order valence-corrected chi connectivity index (χ1v) is 8.12. The molecule has 6 nitrogen and oxygen atoms in total. The van der Waals surface area contributed by atoms with Gasteiger partial charge in [-0.15, -0.1) is 0 Å². The maximum Gasteiger partial charge on any atom is 0.256 e. The van der Waals surface area contributed by atoms with E-state index in [9.17, 15) is 4.79 Å². The highest BCUT2D eigenvalue weighted by molar-refractivity contribution is 6.33. The number of aryl methyl sites for hydroxylation is 3. The standard InChI is InChI=1S/C17H18ClN5O/c1-4-23-16(18)15(11(3)22-23)17(24)19-9-14-20-10(2)12-7-5-6-8-13(12)21-14/h5-8H,4,9H2,1-3H3,(H,19,24). The van der Waals surface area contributed by atoms with Crippen molar-refractivity contribution in [2.75, 3.05) is 0 Å². The van der Waals surface area contributed by atoms with Gasteiger partial charge in [0.2, 0.25) is 0 Å². The monoisotopic (exact) mass is 343 g/mol. The van der Waals surface area contributed by atoms with Gasteiger partial charge in [-0.3, -0.25) is 9.48 Å². The summed E-state index contributed by atoms with van der Waals surface area (Å²) in [4.78, 5) is 21.4. The topological polar surface area (TPSA) is 72.7 Å². The van der Waals surface area contributed by atoms with Crippen LogP contribution in [0.5, 0.6) is 0 Å². The summed E-state index contributed by atoms with van der Waals surface area (Å²) in [5.74, 6) is 0.294. The molecule has 1 N–H and O–H groups in total. The van der Waals surface area contributed by atoms with Crippen LogP contribution >= 0.6 is 11.6 Å². The minimum absolute atomic E-state index is 0.234. The molecule has 2 heterocycles. The highest BCUT2D eigenvalue weighted by atomic mass is 35.5. The number of amides is 1. The van der Waals surface area contributed by atoms with Crippen LogP contribution in [0.25, 0.3) is 10.9 Å². The average Bonchev–Trinajstić information content (AvgIpc) is 2.86. The Balaban J connectivity index is 1.81. The minimum atomic E-state index is -0.272. The SMILES string of the molecule is CCn1nc(C)c(C(=O)NCc2nc(C)c3ccccc3n2)c1Cl. The Labute approximate surface area is 144 Å². The molecule has 0 aliphatic carbocycles. The average molecular weight is 344 g/mol. The van der Waals surface area contributed by atoms with Gasteiger partial charge in [-0.25, -0.2) is 9.97 Å². The lowest BCUT2D eigenvalue weighted by molar-refractivity contribution is 0.0949. The highest BCUT2D eigenvalue weighted by Crippen LogP contribution is 2.20. The summed E-state index contributed by atoms with van der Waals surface area (Å²) in [5, 5.41) is 8.44. The number of rotatable bonds is 4. The van der Waals surface area contributed by atoms with Crippen molar-refractivity contribution in [3.8, 4) is 0 Å². The van der Waals surface area contributed by atoms with Crippen LogP contribution in [-0.4, -0.2) is 25.7 Å². The summed E-state index contributed by atoms with van der Waals surface area (Å²) < 4.78 is 1.60. The van der Waals surface area contributed by atoms with Crippen LogP contribution in [0.1, 0.15) is 34.5 Å². The molecule has 2 aromatic heterocycles. The van der Waals surface area contributed by atoms with E-state index in [0.29, 0.717) is 28.8 Å². The van der Waals surface area contributed by atoms with Gasteiger partial charge in [-0.05, 0) is 26.8 Å². The van der Waals surface area contributed by atoms with Crippen LogP contribution in [0.2, 0.25) is 5.15 Å². The number of carbonyl (C=O) groups excluding carboxylic acids is 1. The quantitative estimate of drug-likeness (QED) is 0.790. The van der Waals surface area contributed by atoms with Gasteiger partial charge in [0.05, 0.1) is 23.3 Å². The van der Waals surface area contributed by atoms with Gasteiger partial charge in [0.25, 0.3) is 5.91 Å². The maximum atomic E-state index is 12.4. The fourth-order valence-electron chi connectivity index (χ4n) is 2.64. The van der Waals surface area contributed by atoms with Gasteiger partial charge in [-0.1, -0.05) is 29.8 Å². The summed E-state index contributed by atoms with van der Waals surface area (Å²) in [5.41, 5.74) is 2.76. The number of fused-ring (bicyclic) bond motifs is 1. The molecule has 1 aromatic carbocycles. The smallest absolute Gasteiger partial charge is 0.256 e. The molecule has 3 rings (SSSR count). The summed E-state index contributed by atoms with van der Waals surface area (Å²) >= 11 is 6.22. The van der Waals surface area contributed by atoms with E-state index in [0.717, 1.165) is 16.6 Å². The van der Waals surface area contributed by atoms with Crippen LogP contribution in [0.15, 0.2) is 24.3 Å². The largest absolute Gasteiger partial charge is 0.345 e. The Hall–Kier alpha value is -2.47. The van der Waals surface area contributed by atoms with Crippen molar-refractivity contribution in [2.45, 2.75) is 33.9 Å². The summed E-state index contributed by atoms with van der Waals surface area (Å²) in [6, 6.07) is 7.80. The first kappa shape index (κ1) is 16.4. The van der Waals surface area contributed by atoms with Crippen LogP contribution < -0.4 is 5.32 Å². The zero-order valence-corrected chi connectivity index (χ0v) is 14.6. The van der Waals surface area contributed by atoms with Crippen molar-refractivity contribution >= 4 is 28.4 Å². The van der Waals surface area contributed by atoms with E-state index in [1.54, 1.807) is 11.6 Å². The van der Waals surface area contributed by atoms with Crippen LogP contribution in [0.4, 0.5) is 0 Å². The van der Waals surface area contributed by atoms with E-state index in [1.807, 2.05) is 38.1 Å². The Morgan fingerprint density at radius 1 is 1.21 bits per heavy atom. The van der Waals surface area contributed by atoms with Crippen molar-refractivity contribution < 1.29 is 4.79 Å². The fourth-order valence-corrected chi connectivity index (χ4v) is 3.02. The lowest BCUT2D eigenvalue weighted by Crippen LogP contribution is -2.24. The van der Waals surface area contributed by atoms with Crippen molar-refractivity contribution in [2.24, 2.45) is 0 Å². The number of halogens is 1. The van der Waals surface area contributed by atoms with Crippen LogP contribution in [-0.2, 0) is 13.1 Å². The molecule has 7 heteroatoms. The number of hydrogen-bond acceptors (Lipinski definition) is 4. The Kier molecular flexibility index (Phi) is 4.49. The third kappa shape index (κ3) is 2.97. The predicted molar refractivity (Wildman–Crippen MR) is 93.1 cm³/mol. The molecule has 0 fully saturated rings. The number of para-hydroxylation sites is 1. The minimum Gasteiger partial charge on any atom is -0.345 e. The van der Waals surface area contributed by atoms with E-state index in [4.69, 9.17) is 11.6 Å². The van der Waals surface area contributed by atoms with Crippen LogP contribution in [0.3, 0.4) is 0 Å². The summed E-state index contributed by atoms with van der Waals surface area (Å²) in [7, 11) is 0. The molecule has 0 radical (unpaired) electrons. The lowest BCUT2D eigenvalue weighted by Gasteiger charge is -2.07. The molecule has 0 spiro atoms.